The van der Waals surface area contributed by atoms with Gasteiger partial charge in [-0.25, -0.2) is 9.97 Å². The number of aryl methyl sites for hydroxylation is 2. The smallest absolute Gasteiger partial charge is 0.230 e. The van der Waals surface area contributed by atoms with Crippen molar-refractivity contribution in [2.45, 2.75) is 13.8 Å². The lowest BCUT2D eigenvalue weighted by molar-refractivity contribution is 0.416. The van der Waals surface area contributed by atoms with Gasteiger partial charge in [0.05, 0.1) is 18.4 Å². The Morgan fingerprint density at radius 1 is 0.933 bits per heavy atom. The standard InChI is InChI=1S/C22H20ClN5O2/c1-13-10-20(30-17-7-4-15(23)5-8-17)28-22(26-13)27-16-6-9-18(19(11-16)29-3)21-24-12-14(2)25-21/h4-12H,1-3H3,(H,24,25)(H,26,27,28). The van der Waals surface area contributed by atoms with E-state index in [2.05, 4.69) is 25.3 Å². The van der Waals surface area contributed by atoms with Crippen molar-refractivity contribution in [2.75, 3.05) is 12.4 Å². The fourth-order valence-electron chi connectivity index (χ4n) is 2.92. The number of benzene rings is 2. The predicted molar refractivity (Wildman–Crippen MR) is 117 cm³/mol. The summed E-state index contributed by atoms with van der Waals surface area (Å²) in [5, 5.41) is 3.85. The number of nitrogens with one attached hydrogen (secondary N) is 2. The van der Waals surface area contributed by atoms with E-state index in [9.17, 15) is 0 Å². The van der Waals surface area contributed by atoms with Crippen molar-refractivity contribution in [3.05, 3.63) is 71.1 Å². The molecule has 152 valence electrons. The summed E-state index contributed by atoms with van der Waals surface area (Å²) in [5.41, 5.74) is 3.33. The van der Waals surface area contributed by atoms with E-state index < -0.39 is 0 Å². The number of halogens is 1. The fraction of sp³-hybridized carbons (Fsp3) is 0.136. The Morgan fingerprint density at radius 2 is 1.73 bits per heavy atom. The van der Waals surface area contributed by atoms with Crippen molar-refractivity contribution >= 4 is 23.2 Å². The third kappa shape index (κ3) is 4.52. The molecule has 0 aliphatic heterocycles. The minimum Gasteiger partial charge on any atom is -0.496 e. The van der Waals surface area contributed by atoms with E-state index in [1.54, 1.807) is 37.4 Å². The first-order chi connectivity index (χ1) is 14.5. The molecule has 0 unspecified atom stereocenters. The molecule has 0 saturated heterocycles. The Balaban J connectivity index is 1.57. The minimum atomic E-state index is 0.419. The summed E-state index contributed by atoms with van der Waals surface area (Å²) in [5.74, 6) is 2.92. The molecule has 7 nitrogen and oxygen atoms in total. The van der Waals surface area contributed by atoms with Crippen LogP contribution in [0.25, 0.3) is 11.4 Å². The monoisotopic (exact) mass is 421 g/mol. The zero-order chi connectivity index (χ0) is 21.1. The second-order valence-corrected chi connectivity index (χ2v) is 7.09. The molecular weight excluding hydrogens is 402 g/mol. The van der Waals surface area contributed by atoms with Crippen molar-refractivity contribution < 1.29 is 9.47 Å². The quantitative estimate of drug-likeness (QED) is 0.416. The maximum absolute atomic E-state index is 5.92. The van der Waals surface area contributed by atoms with Gasteiger partial charge >= 0.3 is 0 Å². The van der Waals surface area contributed by atoms with Crippen molar-refractivity contribution in [2.24, 2.45) is 0 Å². The largest absolute Gasteiger partial charge is 0.496 e. The lowest BCUT2D eigenvalue weighted by Gasteiger charge is -2.12. The van der Waals surface area contributed by atoms with Crippen LogP contribution >= 0.6 is 11.6 Å². The number of hydrogen-bond donors (Lipinski definition) is 2. The number of aromatic nitrogens is 4. The predicted octanol–water partition coefficient (Wildman–Crippen LogP) is 5.68. The Kier molecular flexibility index (Phi) is 5.54. The molecule has 0 atom stereocenters. The first kappa shape index (κ1) is 19.7. The average molecular weight is 422 g/mol. The SMILES string of the molecule is COc1cc(Nc2nc(C)cc(Oc3ccc(Cl)cc3)n2)ccc1-c1nc(C)c[nH]1. The molecule has 2 aromatic heterocycles. The highest BCUT2D eigenvalue weighted by Gasteiger charge is 2.11. The van der Waals surface area contributed by atoms with E-state index in [1.165, 1.54) is 0 Å². The minimum absolute atomic E-state index is 0.419. The van der Waals surface area contributed by atoms with Gasteiger partial charge in [-0.05, 0) is 50.2 Å². The number of imidazole rings is 1. The first-order valence-electron chi connectivity index (χ1n) is 9.27. The molecule has 0 fully saturated rings. The topological polar surface area (TPSA) is 84.9 Å². The number of hydrogen-bond acceptors (Lipinski definition) is 6. The van der Waals surface area contributed by atoms with Crippen molar-refractivity contribution in [1.29, 1.82) is 0 Å². The normalized spacial score (nSPS) is 10.7. The molecule has 0 aliphatic rings. The lowest BCUT2D eigenvalue weighted by atomic mass is 10.1. The van der Waals surface area contributed by atoms with Crippen LogP contribution in [0.4, 0.5) is 11.6 Å². The molecule has 0 aliphatic carbocycles. The maximum Gasteiger partial charge on any atom is 0.230 e. The number of H-pyrrole nitrogens is 1. The number of aromatic amines is 1. The van der Waals surface area contributed by atoms with Gasteiger partial charge in [0.2, 0.25) is 11.8 Å². The molecule has 8 heteroatoms. The Bertz CT molecular complexity index is 1170. The number of nitrogens with zero attached hydrogens (tertiary/aromatic N) is 3. The molecule has 2 N–H and O–H groups in total. The maximum atomic E-state index is 5.92. The number of methoxy groups -OCH3 is 1. The summed E-state index contributed by atoms with van der Waals surface area (Å²) in [6.07, 6.45) is 1.85. The molecule has 4 aromatic rings. The van der Waals surface area contributed by atoms with Gasteiger partial charge in [0, 0.05) is 34.7 Å². The van der Waals surface area contributed by atoms with Crippen LogP contribution in [-0.4, -0.2) is 27.0 Å². The van der Waals surface area contributed by atoms with Crippen molar-refractivity contribution in [3.8, 4) is 28.8 Å². The van der Waals surface area contributed by atoms with Gasteiger partial charge in [0.25, 0.3) is 0 Å². The van der Waals surface area contributed by atoms with E-state index in [0.29, 0.717) is 28.3 Å². The number of ether oxygens (including phenoxy) is 2. The first-order valence-corrected chi connectivity index (χ1v) is 9.64. The van der Waals surface area contributed by atoms with E-state index in [1.807, 2.05) is 38.2 Å². The molecule has 0 saturated carbocycles. The molecule has 0 spiro atoms. The van der Waals surface area contributed by atoms with E-state index in [4.69, 9.17) is 21.1 Å². The van der Waals surface area contributed by atoms with Crippen LogP contribution in [0.3, 0.4) is 0 Å². The summed E-state index contributed by atoms with van der Waals surface area (Å²) < 4.78 is 11.4. The molecule has 0 bridgehead atoms. The van der Waals surface area contributed by atoms with Gasteiger partial charge in [-0.1, -0.05) is 11.6 Å². The van der Waals surface area contributed by atoms with Gasteiger partial charge in [-0.2, -0.15) is 4.98 Å². The molecule has 0 amide bonds. The molecule has 2 heterocycles. The van der Waals surface area contributed by atoms with Gasteiger partial charge in [-0.3, -0.25) is 0 Å². The van der Waals surface area contributed by atoms with E-state index in [0.717, 1.165) is 28.5 Å². The highest BCUT2D eigenvalue weighted by molar-refractivity contribution is 6.30. The van der Waals surface area contributed by atoms with Crippen LogP contribution in [0, 0.1) is 13.8 Å². The van der Waals surface area contributed by atoms with E-state index >= 15 is 0 Å². The summed E-state index contributed by atoms with van der Waals surface area (Å²) in [6, 6.07) is 14.6. The number of anilines is 2. The van der Waals surface area contributed by atoms with Crippen LogP contribution in [0.5, 0.6) is 17.4 Å². The Labute approximate surface area is 179 Å². The van der Waals surface area contributed by atoms with Crippen molar-refractivity contribution in [3.63, 3.8) is 0 Å². The average Bonchev–Trinajstić information content (AvgIpc) is 3.15. The lowest BCUT2D eigenvalue weighted by Crippen LogP contribution is -2.01. The molecular formula is C22H20ClN5O2. The molecule has 2 aromatic carbocycles. The van der Waals surface area contributed by atoms with Crippen molar-refractivity contribution in [1.82, 2.24) is 19.9 Å². The van der Waals surface area contributed by atoms with Crippen LogP contribution in [0.15, 0.2) is 54.7 Å². The Morgan fingerprint density at radius 3 is 2.43 bits per heavy atom. The van der Waals surface area contributed by atoms with Crippen LogP contribution < -0.4 is 14.8 Å². The third-order valence-electron chi connectivity index (χ3n) is 4.29. The number of rotatable bonds is 6. The third-order valence-corrected chi connectivity index (χ3v) is 4.54. The Hall–Kier alpha value is -3.58. The van der Waals surface area contributed by atoms with Crippen LogP contribution in [0.2, 0.25) is 5.02 Å². The van der Waals surface area contributed by atoms with Gasteiger partial charge < -0.3 is 19.8 Å². The van der Waals surface area contributed by atoms with Crippen LogP contribution in [-0.2, 0) is 0 Å². The van der Waals surface area contributed by atoms with Crippen LogP contribution in [0.1, 0.15) is 11.4 Å². The highest BCUT2D eigenvalue weighted by atomic mass is 35.5. The second kappa shape index (κ2) is 8.42. The van der Waals surface area contributed by atoms with E-state index in [-0.39, 0.29) is 0 Å². The molecule has 30 heavy (non-hydrogen) atoms. The molecule has 0 radical (unpaired) electrons. The highest BCUT2D eigenvalue weighted by Crippen LogP contribution is 2.32. The fourth-order valence-corrected chi connectivity index (χ4v) is 3.04. The zero-order valence-corrected chi connectivity index (χ0v) is 17.5. The zero-order valence-electron chi connectivity index (χ0n) is 16.7. The summed E-state index contributed by atoms with van der Waals surface area (Å²) in [6.45, 7) is 3.81. The van der Waals surface area contributed by atoms with Gasteiger partial charge in [-0.15, -0.1) is 0 Å². The summed E-state index contributed by atoms with van der Waals surface area (Å²) in [7, 11) is 1.62. The summed E-state index contributed by atoms with van der Waals surface area (Å²) >= 11 is 5.92. The molecule has 4 rings (SSSR count). The summed E-state index contributed by atoms with van der Waals surface area (Å²) in [4.78, 5) is 16.5. The van der Waals surface area contributed by atoms with Gasteiger partial charge in [0.15, 0.2) is 0 Å². The van der Waals surface area contributed by atoms with Gasteiger partial charge in [0.1, 0.15) is 17.3 Å². The second-order valence-electron chi connectivity index (χ2n) is 6.66.